The molecule has 0 aromatic heterocycles. The van der Waals surface area contributed by atoms with E-state index < -0.39 is 0 Å². The van der Waals surface area contributed by atoms with Crippen LogP contribution < -0.4 is 5.01 Å². The normalized spacial score (nSPS) is 15.3. The second-order valence-corrected chi connectivity index (χ2v) is 10.6. The van der Waals surface area contributed by atoms with Gasteiger partial charge < -0.3 is 0 Å². The first-order valence-electron chi connectivity index (χ1n) is 12.3. The Balaban J connectivity index is 1.41. The van der Waals surface area contributed by atoms with Crippen molar-refractivity contribution in [3.63, 3.8) is 0 Å². The Morgan fingerprint density at radius 3 is 1.92 bits per heavy atom. The lowest BCUT2D eigenvalue weighted by molar-refractivity contribution is 0.589. The number of hydrazone groups is 1. The number of halogens is 1. The van der Waals surface area contributed by atoms with Gasteiger partial charge in [0.1, 0.15) is 0 Å². The lowest BCUT2D eigenvalue weighted by atomic mass is 9.86. The molecule has 0 N–H and O–H groups in total. The fourth-order valence-corrected chi connectivity index (χ4v) is 4.52. The molecule has 0 saturated carbocycles. The molecule has 0 spiro atoms. The van der Waals surface area contributed by atoms with E-state index >= 15 is 0 Å². The highest BCUT2D eigenvalue weighted by atomic mass is 35.5. The number of anilines is 1. The Labute approximate surface area is 219 Å². The topological polar surface area (TPSA) is 15.6 Å². The van der Waals surface area contributed by atoms with Gasteiger partial charge in [-0.2, -0.15) is 5.10 Å². The van der Waals surface area contributed by atoms with Gasteiger partial charge in [0.25, 0.3) is 0 Å². The molecule has 0 bridgehead atoms. The maximum absolute atomic E-state index is 5.97. The highest BCUT2D eigenvalue weighted by Gasteiger charge is 2.30. The van der Waals surface area contributed by atoms with Crippen molar-refractivity contribution in [2.75, 3.05) is 5.01 Å². The molecule has 178 valence electrons. The molecule has 1 aliphatic heterocycles. The van der Waals surface area contributed by atoms with Gasteiger partial charge in [0.2, 0.25) is 0 Å². The summed E-state index contributed by atoms with van der Waals surface area (Å²) in [5.41, 5.74) is 7.98. The molecular weight excluding hydrogens is 460 g/mol. The standard InChI is InChI=1S/C33H29ClN2/c1-33(2,3)28-19-17-27(18-20-28)32-23-31(35-36(32)30-7-5-4-6-8-30)26-15-11-24(12-16-26)9-10-25-13-21-29(34)22-14-25/h4-8,11-22,32H,23H2,1-3H3. The number of rotatable bonds is 3. The Bertz CT molecular complexity index is 1420. The molecule has 0 radical (unpaired) electrons. The van der Waals surface area contributed by atoms with E-state index in [9.17, 15) is 0 Å². The van der Waals surface area contributed by atoms with Crippen LogP contribution in [0.4, 0.5) is 5.69 Å². The van der Waals surface area contributed by atoms with Gasteiger partial charge in [-0.3, -0.25) is 5.01 Å². The van der Waals surface area contributed by atoms with Crippen LogP contribution in [0.25, 0.3) is 0 Å². The molecule has 1 atom stereocenters. The minimum absolute atomic E-state index is 0.132. The van der Waals surface area contributed by atoms with Crippen molar-refractivity contribution in [1.29, 1.82) is 0 Å². The van der Waals surface area contributed by atoms with Crippen LogP contribution in [-0.2, 0) is 5.41 Å². The first-order chi connectivity index (χ1) is 17.4. The molecule has 0 amide bonds. The van der Waals surface area contributed by atoms with Crippen LogP contribution >= 0.6 is 11.6 Å². The minimum atomic E-state index is 0.132. The zero-order valence-electron chi connectivity index (χ0n) is 20.9. The highest BCUT2D eigenvalue weighted by Crippen LogP contribution is 2.37. The Morgan fingerprint density at radius 1 is 0.750 bits per heavy atom. The Kier molecular flexibility index (Phi) is 6.68. The summed E-state index contributed by atoms with van der Waals surface area (Å²) < 4.78 is 0. The van der Waals surface area contributed by atoms with E-state index in [2.05, 4.69) is 110 Å². The summed E-state index contributed by atoms with van der Waals surface area (Å²) in [6.07, 6.45) is 0.847. The van der Waals surface area contributed by atoms with Crippen LogP contribution in [0.2, 0.25) is 5.02 Å². The van der Waals surface area contributed by atoms with E-state index in [0.29, 0.717) is 0 Å². The van der Waals surface area contributed by atoms with E-state index in [1.54, 1.807) is 0 Å². The van der Waals surface area contributed by atoms with Crippen molar-refractivity contribution in [3.8, 4) is 11.8 Å². The first-order valence-corrected chi connectivity index (χ1v) is 12.6. The maximum atomic E-state index is 5.97. The van der Waals surface area contributed by atoms with Crippen molar-refractivity contribution in [2.45, 2.75) is 38.6 Å². The largest absolute Gasteiger partial charge is 0.257 e. The molecular formula is C33H29ClN2. The minimum Gasteiger partial charge on any atom is -0.257 e. The van der Waals surface area contributed by atoms with E-state index in [-0.39, 0.29) is 11.5 Å². The fraction of sp³-hybridized carbons (Fsp3) is 0.182. The monoisotopic (exact) mass is 488 g/mol. The number of nitrogens with zero attached hydrogens (tertiary/aromatic N) is 2. The number of hydrogen-bond acceptors (Lipinski definition) is 2. The Morgan fingerprint density at radius 2 is 1.33 bits per heavy atom. The van der Waals surface area contributed by atoms with Crippen molar-refractivity contribution in [3.05, 3.63) is 136 Å². The third kappa shape index (κ3) is 5.38. The molecule has 1 unspecified atom stereocenters. The molecule has 2 nitrogen and oxygen atoms in total. The summed E-state index contributed by atoms with van der Waals surface area (Å²) in [5, 5.41) is 7.97. The zero-order chi connectivity index (χ0) is 25.1. The molecule has 1 heterocycles. The van der Waals surface area contributed by atoms with E-state index in [0.717, 1.165) is 39.5 Å². The SMILES string of the molecule is CC(C)(C)c1ccc(C2CC(c3ccc(C#Cc4ccc(Cl)cc4)cc3)=NN2c2ccccc2)cc1. The maximum Gasteiger partial charge on any atom is 0.0831 e. The van der Waals surface area contributed by atoms with Crippen LogP contribution in [0.5, 0.6) is 0 Å². The second kappa shape index (κ2) is 10.1. The van der Waals surface area contributed by atoms with Gasteiger partial charge >= 0.3 is 0 Å². The smallest absolute Gasteiger partial charge is 0.0831 e. The summed E-state index contributed by atoms with van der Waals surface area (Å²) in [4.78, 5) is 0. The lowest BCUT2D eigenvalue weighted by Gasteiger charge is -2.25. The van der Waals surface area contributed by atoms with Crippen molar-refractivity contribution in [1.82, 2.24) is 0 Å². The molecule has 1 aliphatic rings. The molecule has 3 heteroatoms. The van der Waals surface area contributed by atoms with Gasteiger partial charge in [-0.15, -0.1) is 0 Å². The molecule has 4 aromatic rings. The van der Waals surface area contributed by atoms with Crippen LogP contribution in [0.3, 0.4) is 0 Å². The van der Waals surface area contributed by atoms with E-state index in [1.165, 1.54) is 11.1 Å². The molecule has 0 saturated heterocycles. The molecule has 0 fully saturated rings. The first kappa shape index (κ1) is 23.9. The summed E-state index contributed by atoms with van der Waals surface area (Å²) in [7, 11) is 0. The van der Waals surface area contributed by atoms with Crippen LogP contribution in [-0.4, -0.2) is 5.71 Å². The van der Waals surface area contributed by atoms with Gasteiger partial charge in [-0.25, -0.2) is 0 Å². The molecule has 0 aliphatic carbocycles. The van der Waals surface area contributed by atoms with Crippen molar-refractivity contribution in [2.24, 2.45) is 5.10 Å². The molecule has 5 rings (SSSR count). The average molecular weight is 489 g/mol. The van der Waals surface area contributed by atoms with Gasteiger partial charge in [0.15, 0.2) is 0 Å². The average Bonchev–Trinajstić information content (AvgIpc) is 3.34. The van der Waals surface area contributed by atoms with E-state index in [4.69, 9.17) is 16.7 Å². The zero-order valence-corrected chi connectivity index (χ0v) is 21.6. The third-order valence-electron chi connectivity index (χ3n) is 6.51. The number of benzene rings is 4. The van der Waals surface area contributed by atoms with Gasteiger partial charge in [0, 0.05) is 22.6 Å². The fourth-order valence-electron chi connectivity index (χ4n) is 4.39. The molecule has 4 aromatic carbocycles. The second-order valence-electron chi connectivity index (χ2n) is 10.2. The predicted octanol–water partition coefficient (Wildman–Crippen LogP) is 8.39. The van der Waals surface area contributed by atoms with Crippen molar-refractivity contribution < 1.29 is 0 Å². The van der Waals surface area contributed by atoms with Gasteiger partial charge in [-0.05, 0) is 70.6 Å². The van der Waals surface area contributed by atoms with Gasteiger partial charge in [0.05, 0.1) is 17.4 Å². The van der Waals surface area contributed by atoms with Crippen LogP contribution in [0.1, 0.15) is 61.1 Å². The summed E-state index contributed by atoms with van der Waals surface area (Å²) in [5.74, 6) is 6.44. The summed E-state index contributed by atoms with van der Waals surface area (Å²) in [6, 6.07) is 35.6. The molecule has 36 heavy (non-hydrogen) atoms. The van der Waals surface area contributed by atoms with Crippen LogP contribution in [0.15, 0.2) is 108 Å². The van der Waals surface area contributed by atoms with E-state index in [1.807, 2.05) is 30.3 Å². The highest BCUT2D eigenvalue weighted by molar-refractivity contribution is 6.30. The number of hydrogen-bond donors (Lipinski definition) is 0. The Hall–Kier alpha value is -3.80. The van der Waals surface area contributed by atoms with Gasteiger partial charge in [-0.1, -0.05) is 98.8 Å². The lowest BCUT2D eigenvalue weighted by Crippen LogP contribution is -2.19. The quantitative estimate of drug-likeness (QED) is 0.264. The third-order valence-corrected chi connectivity index (χ3v) is 6.76. The number of para-hydroxylation sites is 1. The van der Waals surface area contributed by atoms with Crippen LogP contribution in [0, 0.1) is 11.8 Å². The summed E-state index contributed by atoms with van der Waals surface area (Å²) >= 11 is 5.97. The van der Waals surface area contributed by atoms with Crippen molar-refractivity contribution >= 4 is 23.0 Å². The summed E-state index contributed by atoms with van der Waals surface area (Å²) in [6.45, 7) is 6.75. The predicted molar refractivity (Wildman–Crippen MR) is 152 cm³/mol.